The van der Waals surface area contributed by atoms with Gasteiger partial charge in [-0.05, 0) is 43.9 Å². The van der Waals surface area contributed by atoms with Gasteiger partial charge in [0.25, 0.3) is 0 Å². The molecular weight excluding hydrogens is 308 g/mol. The molecule has 2 atom stereocenters. The van der Waals surface area contributed by atoms with Gasteiger partial charge in [0.05, 0.1) is 12.2 Å². The first-order valence-electron chi connectivity index (χ1n) is 8.39. The maximum atomic E-state index is 10.7. The summed E-state index contributed by atoms with van der Waals surface area (Å²) in [5, 5.41) is 10.7. The topological polar surface area (TPSA) is 57.2 Å². The van der Waals surface area contributed by atoms with E-state index in [9.17, 15) is 5.11 Å². The molecule has 0 heterocycles. The monoisotopic (exact) mass is 340 g/mol. The minimum absolute atomic E-state index is 0.202. The number of hydrogen-bond acceptors (Lipinski definition) is 5. The Balaban J connectivity index is 2.77. The molecule has 0 spiro atoms. The Hall–Kier alpha value is -1.14. The van der Waals surface area contributed by atoms with Crippen molar-refractivity contribution in [3.63, 3.8) is 0 Å². The summed E-state index contributed by atoms with van der Waals surface area (Å²) in [6, 6.07) is 7.66. The molecule has 138 valence electrons. The van der Waals surface area contributed by atoms with E-state index in [1.807, 2.05) is 38.1 Å². The molecule has 0 fully saturated rings. The van der Waals surface area contributed by atoms with E-state index in [0.29, 0.717) is 12.3 Å². The fourth-order valence-corrected chi connectivity index (χ4v) is 2.42. The van der Waals surface area contributed by atoms with E-state index in [0.717, 1.165) is 17.7 Å². The van der Waals surface area contributed by atoms with Crippen molar-refractivity contribution >= 4 is 0 Å². The average molecular weight is 340 g/mol. The lowest BCUT2D eigenvalue weighted by atomic mass is 9.96. The molecule has 0 unspecified atom stereocenters. The maximum absolute atomic E-state index is 10.7. The highest BCUT2D eigenvalue weighted by Crippen LogP contribution is 2.23. The van der Waals surface area contributed by atoms with Crippen molar-refractivity contribution in [2.75, 3.05) is 21.0 Å². The zero-order valence-electron chi connectivity index (χ0n) is 15.7. The Bertz CT molecular complexity index is 473. The van der Waals surface area contributed by atoms with Gasteiger partial charge in [0.2, 0.25) is 0 Å². The van der Waals surface area contributed by atoms with Gasteiger partial charge in [0.15, 0.2) is 12.6 Å². The van der Waals surface area contributed by atoms with Crippen LogP contribution in [0, 0.1) is 5.92 Å². The van der Waals surface area contributed by atoms with E-state index in [1.165, 1.54) is 0 Å². The van der Waals surface area contributed by atoms with Crippen molar-refractivity contribution in [1.29, 1.82) is 0 Å². The van der Waals surface area contributed by atoms with E-state index >= 15 is 0 Å². The molecule has 0 saturated heterocycles. The molecule has 5 heteroatoms. The SMILES string of the molecule is COCOc1cccc(C[C@H](O)[C@@H](CC(C)C)OC(C)(C)OC)c1. The lowest BCUT2D eigenvalue weighted by molar-refractivity contribution is -0.242. The molecule has 24 heavy (non-hydrogen) atoms. The Morgan fingerprint density at radius 2 is 1.88 bits per heavy atom. The highest BCUT2D eigenvalue weighted by atomic mass is 16.7. The largest absolute Gasteiger partial charge is 0.468 e. The number of rotatable bonds is 11. The number of ether oxygens (including phenoxy) is 4. The van der Waals surface area contributed by atoms with Crippen molar-refractivity contribution < 1.29 is 24.1 Å². The van der Waals surface area contributed by atoms with E-state index < -0.39 is 11.9 Å². The van der Waals surface area contributed by atoms with Gasteiger partial charge in [0.1, 0.15) is 5.75 Å². The number of methoxy groups -OCH3 is 2. The molecule has 0 saturated carbocycles. The summed E-state index contributed by atoms with van der Waals surface area (Å²) in [6.45, 7) is 8.13. The third kappa shape index (κ3) is 7.62. The van der Waals surface area contributed by atoms with Gasteiger partial charge in [-0.15, -0.1) is 0 Å². The van der Waals surface area contributed by atoms with Crippen molar-refractivity contribution in [1.82, 2.24) is 0 Å². The van der Waals surface area contributed by atoms with Crippen LogP contribution in [0.1, 0.15) is 39.7 Å². The van der Waals surface area contributed by atoms with E-state index in [1.54, 1.807) is 14.2 Å². The molecule has 0 aliphatic rings. The fourth-order valence-electron chi connectivity index (χ4n) is 2.42. The first-order chi connectivity index (χ1) is 11.3. The summed E-state index contributed by atoms with van der Waals surface area (Å²) >= 11 is 0. The Labute approximate surface area is 145 Å². The van der Waals surface area contributed by atoms with Crippen LogP contribution in [-0.4, -0.2) is 44.1 Å². The van der Waals surface area contributed by atoms with Crippen LogP contribution in [0.5, 0.6) is 5.75 Å². The third-order valence-electron chi connectivity index (χ3n) is 3.75. The van der Waals surface area contributed by atoms with Crippen LogP contribution in [0.4, 0.5) is 0 Å². The van der Waals surface area contributed by atoms with Gasteiger partial charge in [-0.25, -0.2) is 0 Å². The molecule has 1 aromatic rings. The number of aliphatic hydroxyl groups excluding tert-OH is 1. The normalized spacial score (nSPS) is 14.7. The average Bonchev–Trinajstić information content (AvgIpc) is 2.52. The second-order valence-electron chi connectivity index (χ2n) is 6.86. The zero-order chi connectivity index (χ0) is 18.2. The van der Waals surface area contributed by atoms with E-state index in [2.05, 4.69) is 13.8 Å². The lowest BCUT2D eigenvalue weighted by Crippen LogP contribution is -2.40. The lowest BCUT2D eigenvalue weighted by Gasteiger charge is -2.33. The zero-order valence-corrected chi connectivity index (χ0v) is 15.7. The van der Waals surface area contributed by atoms with Crippen LogP contribution in [0.3, 0.4) is 0 Å². The van der Waals surface area contributed by atoms with Gasteiger partial charge in [-0.2, -0.15) is 0 Å². The van der Waals surface area contributed by atoms with E-state index in [-0.39, 0.29) is 12.9 Å². The molecule has 5 nitrogen and oxygen atoms in total. The van der Waals surface area contributed by atoms with Crippen LogP contribution < -0.4 is 4.74 Å². The predicted octanol–water partition coefficient (Wildman–Crippen LogP) is 3.39. The Morgan fingerprint density at radius 1 is 1.17 bits per heavy atom. The Morgan fingerprint density at radius 3 is 2.46 bits per heavy atom. The molecule has 0 bridgehead atoms. The second-order valence-corrected chi connectivity index (χ2v) is 6.86. The van der Waals surface area contributed by atoms with E-state index in [4.69, 9.17) is 18.9 Å². The predicted molar refractivity (Wildman–Crippen MR) is 94.1 cm³/mol. The fraction of sp³-hybridized carbons (Fsp3) is 0.684. The smallest absolute Gasteiger partial charge is 0.188 e. The van der Waals surface area contributed by atoms with Crippen molar-refractivity contribution in [2.24, 2.45) is 5.92 Å². The molecule has 0 amide bonds. The third-order valence-corrected chi connectivity index (χ3v) is 3.75. The highest BCUT2D eigenvalue weighted by Gasteiger charge is 2.29. The van der Waals surface area contributed by atoms with Crippen LogP contribution in [0.25, 0.3) is 0 Å². The van der Waals surface area contributed by atoms with Gasteiger partial charge < -0.3 is 24.1 Å². The second kappa shape index (κ2) is 9.99. The van der Waals surface area contributed by atoms with Gasteiger partial charge in [0, 0.05) is 20.6 Å². The minimum Gasteiger partial charge on any atom is -0.468 e. The van der Waals surface area contributed by atoms with Crippen molar-refractivity contribution in [2.45, 2.75) is 58.5 Å². The first kappa shape index (κ1) is 20.9. The number of benzene rings is 1. The summed E-state index contributed by atoms with van der Waals surface area (Å²) in [5.41, 5.74) is 0.990. The summed E-state index contributed by atoms with van der Waals surface area (Å²) in [4.78, 5) is 0. The van der Waals surface area contributed by atoms with Crippen LogP contribution >= 0.6 is 0 Å². The number of aliphatic hydroxyl groups is 1. The van der Waals surface area contributed by atoms with Crippen LogP contribution in [0.2, 0.25) is 0 Å². The quantitative estimate of drug-likeness (QED) is 0.626. The molecule has 0 aliphatic carbocycles. The molecular formula is C19H32O5. The molecule has 1 rings (SSSR count). The molecule has 0 aliphatic heterocycles. The summed E-state index contributed by atoms with van der Waals surface area (Å²) in [7, 11) is 3.19. The molecule has 1 N–H and O–H groups in total. The first-order valence-corrected chi connectivity index (χ1v) is 8.39. The highest BCUT2D eigenvalue weighted by molar-refractivity contribution is 5.29. The van der Waals surface area contributed by atoms with Crippen molar-refractivity contribution in [3.8, 4) is 5.75 Å². The van der Waals surface area contributed by atoms with Gasteiger partial charge in [-0.1, -0.05) is 26.0 Å². The standard InChI is InChI=1S/C19H32O5/c1-14(2)10-18(24-19(3,4)22-6)17(20)12-15-8-7-9-16(11-15)23-13-21-5/h7-9,11,14,17-18,20H,10,12-13H2,1-6H3/t17-,18+/m0/s1. The Kier molecular flexibility index (Phi) is 8.70. The van der Waals surface area contributed by atoms with Crippen LogP contribution in [-0.2, 0) is 20.6 Å². The summed E-state index contributed by atoms with van der Waals surface area (Å²) < 4.78 is 21.7. The molecule has 1 aromatic carbocycles. The molecule has 0 aromatic heterocycles. The molecule has 0 radical (unpaired) electrons. The van der Waals surface area contributed by atoms with Crippen molar-refractivity contribution in [3.05, 3.63) is 29.8 Å². The minimum atomic E-state index is -0.732. The summed E-state index contributed by atoms with van der Waals surface area (Å²) in [6.07, 6.45) is 0.317. The van der Waals surface area contributed by atoms with Crippen LogP contribution in [0.15, 0.2) is 24.3 Å². The van der Waals surface area contributed by atoms with Gasteiger partial charge >= 0.3 is 0 Å². The number of hydrogen-bond donors (Lipinski definition) is 1. The maximum Gasteiger partial charge on any atom is 0.188 e. The summed E-state index contributed by atoms with van der Waals surface area (Å²) in [5.74, 6) is 0.401. The van der Waals surface area contributed by atoms with Gasteiger partial charge in [-0.3, -0.25) is 0 Å².